The Kier molecular flexibility index (Phi) is 3.36. The van der Waals surface area contributed by atoms with Crippen LogP contribution in [-0.2, 0) is 11.3 Å². The average Bonchev–Trinajstić information content (AvgIpc) is 3.00. The molecule has 2 nitrogen and oxygen atoms in total. The zero-order valence-corrected chi connectivity index (χ0v) is 11.8. The molecule has 0 saturated heterocycles. The second-order valence-electron chi connectivity index (χ2n) is 5.71. The van der Waals surface area contributed by atoms with E-state index in [2.05, 4.69) is 12.2 Å². The van der Waals surface area contributed by atoms with Gasteiger partial charge in [0.15, 0.2) is 0 Å². The molecule has 0 spiro atoms. The first-order valence-corrected chi connectivity index (χ1v) is 7.19. The Morgan fingerprint density at radius 1 is 1.37 bits per heavy atom. The Hall–Kier alpha value is -1.28. The zero-order valence-electron chi connectivity index (χ0n) is 11.1. The van der Waals surface area contributed by atoms with Gasteiger partial charge in [0.1, 0.15) is 0 Å². The van der Waals surface area contributed by atoms with Crippen LogP contribution in [0.3, 0.4) is 0 Å². The second-order valence-corrected chi connectivity index (χ2v) is 6.15. The normalized spacial score (nSPS) is 27.8. The summed E-state index contributed by atoms with van der Waals surface area (Å²) in [7, 11) is 1.89. The molecule has 100 valence electrons. The van der Waals surface area contributed by atoms with Crippen LogP contribution >= 0.6 is 11.6 Å². The summed E-state index contributed by atoms with van der Waals surface area (Å²) in [5.41, 5.74) is 1.09. The predicted octanol–water partition coefficient (Wildman–Crippen LogP) is 3.51. The molecule has 1 aromatic carbocycles. The highest BCUT2D eigenvalue weighted by Gasteiger charge is 2.40. The van der Waals surface area contributed by atoms with Gasteiger partial charge in [-0.3, -0.25) is 4.79 Å². The number of amides is 1. The topological polar surface area (TPSA) is 20.3 Å². The summed E-state index contributed by atoms with van der Waals surface area (Å²) in [6.07, 6.45) is 6.69. The Morgan fingerprint density at radius 3 is 2.84 bits per heavy atom. The second kappa shape index (κ2) is 5.01. The van der Waals surface area contributed by atoms with Crippen molar-refractivity contribution in [1.29, 1.82) is 0 Å². The maximum atomic E-state index is 12.5. The van der Waals surface area contributed by atoms with Crippen molar-refractivity contribution in [3.05, 3.63) is 47.0 Å². The maximum Gasteiger partial charge on any atom is 0.226 e. The van der Waals surface area contributed by atoms with Crippen molar-refractivity contribution in [3.8, 4) is 0 Å². The molecular weight excluding hydrogens is 258 g/mol. The van der Waals surface area contributed by atoms with Gasteiger partial charge in [-0.2, -0.15) is 0 Å². The first-order valence-electron chi connectivity index (χ1n) is 6.81. The molecule has 3 atom stereocenters. The number of allylic oxidation sites excluding steroid dienone is 2. The molecule has 1 amide bonds. The van der Waals surface area contributed by atoms with Crippen LogP contribution < -0.4 is 0 Å². The van der Waals surface area contributed by atoms with Crippen LogP contribution in [0.15, 0.2) is 36.4 Å². The number of halogens is 1. The highest BCUT2D eigenvalue weighted by Crippen LogP contribution is 2.44. The first kappa shape index (κ1) is 12.7. The van der Waals surface area contributed by atoms with E-state index in [0.717, 1.165) is 17.0 Å². The number of fused-ring (bicyclic) bond motifs is 2. The smallest absolute Gasteiger partial charge is 0.226 e. The fourth-order valence-corrected chi connectivity index (χ4v) is 3.55. The maximum absolute atomic E-state index is 12.5. The van der Waals surface area contributed by atoms with Gasteiger partial charge in [0.05, 0.1) is 0 Å². The summed E-state index contributed by atoms with van der Waals surface area (Å²) in [6, 6.07) is 7.71. The molecular formula is C16H18ClNO. The van der Waals surface area contributed by atoms with Crippen molar-refractivity contribution in [2.24, 2.45) is 17.8 Å². The number of hydrogen-bond donors (Lipinski definition) is 0. The minimum atomic E-state index is 0.194. The average molecular weight is 276 g/mol. The largest absolute Gasteiger partial charge is 0.341 e. The van der Waals surface area contributed by atoms with Crippen LogP contribution in [0, 0.1) is 17.8 Å². The predicted molar refractivity (Wildman–Crippen MR) is 76.8 cm³/mol. The third-order valence-electron chi connectivity index (χ3n) is 4.28. The fraction of sp³-hybridized carbons (Fsp3) is 0.438. The fourth-order valence-electron chi connectivity index (χ4n) is 3.33. The molecule has 2 aliphatic rings. The van der Waals surface area contributed by atoms with E-state index in [4.69, 9.17) is 11.6 Å². The van der Waals surface area contributed by atoms with Crippen molar-refractivity contribution in [3.63, 3.8) is 0 Å². The number of benzene rings is 1. The lowest BCUT2D eigenvalue weighted by Gasteiger charge is -2.25. The molecule has 3 heteroatoms. The Labute approximate surface area is 119 Å². The number of carbonyl (C=O) groups is 1. The molecule has 1 aromatic rings. The first-order chi connectivity index (χ1) is 9.13. The third-order valence-corrected chi connectivity index (χ3v) is 4.52. The van der Waals surface area contributed by atoms with Crippen LogP contribution in [0.1, 0.15) is 18.4 Å². The summed E-state index contributed by atoms with van der Waals surface area (Å²) in [5, 5.41) is 0.723. The molecule has 0 aliphatic heterocycles. The summed E-state index contributed by atoms with van der Waals surface area (Å²) in [4.78, 5) is 14.3. The van der Waals surface area contributed by atoms with E-state index in [1.54, 1.807) is 0 Å². The van der Waals surface area contributed by atoms with E-state index in [0.29, 0.717) is 18.4 Å². The molecule has 1 saturated carbocycles. The van der Waals surface area contributed by atoms with Crippen LogP contribution in [0.25, 0.3) is 0 Å². The van der Waals surface area contributed by atoms with Gasteiger partial charge >= 0.3 is 0 Å². The molecule has 0 radical (unpaired) electrons. The van der Waals surface area contributed by atoms with E-state index in [1.807, 2.05) is 36.2 Å². The summed E-state index contributed by atoms with van der Waals surface area (Å²) < 4.78 is 0. The van der Waals surface area contributed by atoms with Crippen LogP contribution in [-0.4, -0.2) is 17.9 Å². The van der Waals surface area contributed by atoms with Crippen molar-refractivity contribution in [2.45, 2.75) is 19.4 Å². The Morgan fingerprint density at radius 2 is 2.21 bits per heavy atom. The molecule has 0 N–H and O–H groups in total. The molecule has 2 aliphatic carbocycles. The Bertz CT molecular complexity index is 525. The van der Waals surface area contributed by atoms with Gasteiger partial charge in [-0.25, -0.2) is 0 Å². The van der Waals surface area contributed by atoms with Crippen LogP contribution in [0.2, 0.25) is 5.02 Å². The van der Waals surface area contributed by atoms with Gasteiger partial charge in [0.2, 0.25) is 5.91 Å². The number of nitrogens with zero attached hydrogens (tertiary/aromatic N) is 1. The molecule has 0 aromatic heterocycles. The van der Waals surface area contributed by atoms with Crippen molar-refractivity contribution >= 4 is 17.5 Å². The molecule has 3 rings (SSSR count). The standard InChI is InChI=1S/C16H18ClNO/c1-18(10-12-3-2-4-14(17)8-12)16(19)15-9-11-5-6-13(15)7-11/h2-6,8,11,13,15H,7,9-10H2,1H3/t11-,13-,15-/m0/s1. The van der Waals surface area contributed by atoms with Gasteiger partial charge in [-0.15, -0.1) is 0 Å². The number of hydrogen-bond acceptors (Lipinski definition) is 1. The summed E-state index contributed by atoms with van der Waals surface area (Å²) in [5.74, 6) is 1.58. The quantitative estimate of drug-likeness (QED) is 0.773. The van der Waals surface area contributed by atoms with Gasteiger partial charge < -0.3 is 4.90 Å². The number of rotatable bonds is 3. The van der Waals surface area contributed by atoms with Gasteiger partial charge in [-0.05, 0) is 42.4 Å². The van der Waals surface area contributed by atoms with Gasteiger partial charge in [0.25, 0.3) is 0 Å². The van der Waals surface area contributed by atoms with E-state index in [1.165, 1.54) is 6.42 Å². The molecule has 1 fully saturated rings. The van der Waals surface area contributed by atoms with Crippen LogP contribution in [0.5, 0.6) is 0 Å². The van der Waals surface area contributed by atoms with Gasteiger partial charge in [-0.1, -0.05) is 35.9 Å². The molecule has 2 bridgehead atoms. The highest BCUT2D eigenvalue weighted by molar-refractivity contribution is 6.30. The van der Waals surface area contributed by atoms with Gasteiger partial charge in [0, 0.05) is 24.5 Å². The molecule has 19 heavy (non-hydrogen) atoms. The van der Waals surface area contributed by atoms with E-state index >= 15 is 0 Å². The van der Waals surface area contributed by atoms with E-state index in [-0.39, 0.29) is 11.8 Å². The summed E-state index contributed by atoms with van der Waals surface area (Å²) in [6.45, 7) is 0.636. The summed E-state index contributed by atoms with van der Waals surface area (Å²) >= 11 is 5.97. The zero-order chi connectivity index (χ0) is 13.4. The van der Waals surface area contributed by atoms with Crippen molar-refractivity contribution < 1.29 is 4.79 Å². The van der Waals surface area contributed by atoms with E-state index in [9.17, 15) is 4.79 Å². The molecule has 0 heterocycles. The third kappa shape index (κ3) is 2.55. The minimum Gasteiger partial charge on any atom is -0.341 e. The highest BCUT2D eigenvalue weighted by atomic mass is 35.5. The van der Waals surface area contributed by atoms with E-state index < -0.39 is 0 Å². The lowest BCUT2D eigenvalue weighted by molar-refractivity contribution is -0.135. The van der Waals surface area contributed by atoms with Crippen LogP contribution in [0.4, 0.5) is 0 Å². The SMILES string of the molecule is CN(Cc1cccc(Cl)c1)C(=O)[C@H]1C[C@H]2C=C[C@H]1C2. The lowest BCUT2D eigenvalue weighted by atomic mass is 9.92. The van der Waals surface area contributed by atoms with Crippen molar-refractivity contribution in [2.75, 3.05) is 7.05 Å². The van der Waals surface area contributed by atoms with Crippen molar-refractivity contribution in [1.82, 2.24) is 4.90 Å². The molecule has 0 unspecified atom stereocenters. The lowest BCUT2D eigenvalue weighted by Crippen LogP contribution is -2.34. The minimum absolute atomic E-state index is 0.194. The Balaban J connectivity index is 1.66. The number of carbonyl (C=O) groups excluding carboxylic acids is 1. The monoisotopic (exact) mass is 275 g/mol.